The van der Waals surface area contributed by atoms with Crippen LogP contribution >= 0.6 is 23.2 Å². The molecule has 0 aromatic heterocycles. The van der Waals surface area contributed by atoms with Crippen LogP contribution < -0.4 is 10.6 Å². The minimum absolute atomic E-state index is 0.208. The molecule has 1 atom stereocenters. The summed E-state index contributed by atoms with van der Waals surface area (Å²) in [5.74, 6) is -0.533. The molecule has 0 spiro atoms. The molecule has 7 heteroatoms. The Kier molecular flexibility index (Phi) is 5.49. The van der Waals surface area contributed by atoms with Gasteiger partial charge in [0.1, 0.15) is 0 Å². The Hall–Kier alpha value is -2.50. The van der Waals surface area contributed by atoms with Gasteiger partial charge < -0.3 is 15.4 Å². The van der Waals surface area contributed by atoms with Crippen molar-refractivity contribution in [3.63, 3.8) is 0 Å². The smallest absolute Gasteiger partial charge is 0.338 e. The second kappa shape index (κ2) is 7.81. The molecule has 5 nitrogen and oxygen atoms in total. The van der Waals surface area contributed by atoms with Crippen molar-refractivity contribution in [1.82, 2.24) is 10.6 Å². The van der Waals surface area contributed by atoms with Gasteiger partial charge in [-0.3, -0.25) is 0 Å². The van der Waals surface area contributed by atoms with Crippen molar-refractivity contribution in [1.29, 1.82) is 0 Å². The summed E-state index contributed by atoms with van der Waals surface area (Å²) in [6.07, 6.45) is 0. The van der Waals surface area contributed by atoms with E-state index < -0.39 is 18.0 Å². The maximum Gasteiger partial charge on any atom is 0.338 e. The molecule has 134 valence electrons. The molecule has 1 aliphatic heterocycles. The summed E-state index contributed by atoms with van der Waals surface area (Å²) in [5, 5.41) is 6.27. The van der Waals surface area contributed by atoms with Crippen molar-refractivity contribution in [3.8, 4) is 0 Å². The van der Waals surface area contributed by atoms with E-state index in [0.717, 1.165) is 0 Å². The summed E-state index contributed by atoms with van der Waals surface area (Å²) in [4.78, 5) is 25.0. The first-order chi connectivity index (χ1) is 12.5. The van der Waals surface area contributed by atoms with E-state index in [4.69, 9.17) is 27.9 Å². The fourth-order valence-electron chi connectivity index (χ4n) is 2.79. The number of benzene rings is 2. The summed E-state index contributed by atoms with van der Waals surface area (Å²) in [7, 11) is 0. The second-order valence-corrected chi connectivity index (χ2v) is 6.42. The number of ether oxygens (including phenoxy) is 1. The van der Waals surface area contributed by atoms with E-state index in [9.17, 15) is 9.59 Å². The lowest BCUT2D eigenvalue weighted by Crippen LogP contribution is -2.45. The highest BCUT2D eigenvalue weighted by molar-refractivity contribution is 6.35. The van der Waals surface area contributed by atoms with Crippen LogP contribution in [0.1, 0.15) is 24.1 Å². The average Bonchev–Trinajstić information content (AvgIpc) is 2.62. The van der Waals surface area contributed by atoms with Gasteiger partial charge >= 0.3 is 12.0 Å². The Morgan fingerprint density at radius 2 is 1.88 bits per heavy atom. The predicted molar refractivity (Wildman–Crippen MR) is 101 cm³/mol. The first-order valence-electron chi connectivity index (χ1n) is 8.00. The SMILES string of the molecule is CCOC(=O)C1=C(c2ccccc2)NC(=O)N[C@@H]1c1ccc(Cl)cc1Cl. The monoisotopic (exact) mass is 390 g/mol. The van der Waals surface area contributed by atoms with Gasteiger partial charge in [-0.15, -0.1) is 0 Å². The minimum Gasteiger partial charge on any atom is -0.463 e. The van der Waals surface area contributed by atoms with Crippen LogP contribution in [0.25, 0.3) is 5.70 Å². The summed E-state index contributed by atoms with van der Waals surface area (Å²) in [6, 6.07) is 12.8. The number of nitrogens with one attached hydrogen (secondary N) is 2. The highest BCUT2D eigenvalue weighted by Crippen LogP contribution is 2.36. The zero-order chi connectivity index (χ0) is 18.7. The van der Waals surface area contributed by atoms with E-state index in [2.05, 4.69) is 10.6 Å². The fourth-order valence-corrected chi connectivity index (χ4v) is 3.31. The van der Waals surface area contributed by atoms with Crippen LogP contribution in [0.2, 0.25) is 10.0 Å². The third-order valence-electron chi connectivity index (χ3n) is 3.90. The highest BCUT2D eigenvalue weighted by Gasteiger charge is 2.35. The van der Waals surface area contributed by atoms with Crippen LogP contribution in [0.4, 0.5) is 4.79 Å². The molecular formula is C19H16Cl2N2O3. The summed E-state index contributed by atoms with van der Waals surface area (Å²) >= 11 is 12.3. The molecule has 0 radical (unpaired) electrons. The predicted octanol–water partition coefficient (Wildman–Crippen LogP) is 4.32. The lowest BCUT2D eigenvalue weighted by atomic mass is 9.92. The number of esters is 1. The van der Waals surface area contributed by atoms with E-state index in [-0.39, 0.29) is 12.2 Å². The molecule has 2 amide bonds. The first kappa shape index (κ1) is 18.3. The number of hydrogen-bond donors (Lipinski definition) is 2. The maximum absolute atomic E-state index is 12.7. The average molecular weight is 391 g/mol. The molecule has 0 aliphatic carbocycles. The Morgan fingerprint density at radius 3 is 2.54 bits per heavy atom. The van der Waals surface area contributed by atoms with Crippen molar-refractivity contribution < 1.29 is 14.3 Å². The standard InChI is InChI=1S/C19H16Cl2N2O3/c1-2-26-18(24)15-16(11-6-4-3-5-7-11)22-19(25)23-17(15)13-9-8-12(20)10-14(13)21/h3-10,17H,2H2,1H3,(H2,22,23,25)/t17-/m1/s1. The van der Waals surface area contributed by atoms with Crippen LogP contribution in [0, 0.1) is 0 Å². The molecule has 0 fully saturated rings. The van der Waals surface area contributed by atoms with Gasteiger partial charge in [0.15, 0.2) is 0 Å². The molecule has 0 saturated carbocycles. The lowest BCUT2D eigenvalue weighted by molar-refractivity contribution is -0.138. The Labute approximate surface area is 160 Å². The summed E-state index contributed by atoms with van der Waals surface area (Å²) in [5.41, 5.74) is 1.92. The minimum atomic E-state index is -0.761. The first-order valence-corrected chi connectivity index (χ1v) is 8.76. The van der Waals surface area contributed by atoms with Crippen LogP contribution in [0.15, 0.2) is 54.1 Å². The van der Waals surface area contributed by atoms with Crippen molar-refractivity contribution >= 4 is 40.9 Å². The van der Waals surface area contributed by atoms with Gasteiger partial charge in [-0.05, 0) is 30.2 Å². The molecule has 2 aromatic rings. The zero-order valence-electron chi connectivity index (χ0n) is 13.9. The Morgan fingerprint density at radius 1 is 1.15 bits per heavy atom. The molecule has 1 heterocycles. The number of carbonyl (C=O) groups excluding carboxylic acids is 2. The normalized spacial score (nSPS) is 16.7. The van der Waals surface area contributed by atoms with Gasteiger partial charge in [-0.1, -0.05) is 59.6 Å². The maximum atomic E-state index is 12.7. The zero-order valence-corrected chi connectivity index (χ0v) is 15.4. The molecule has 3 rings (SSSR count). The number of hydrogen-bond acceptors (Lipinski definition) is 3. The van der Waals surface area contributed by atoms with Gasteiger partial charge in [0, 0.05) is 10.0 Å². The summed E-state index contributed by atoms with van der Waals surface area (Å²) < 4.78 is 5.23. The van der Waals surface area contributed by atoms with Gasteiger partial charge in [0.25, 0.3) is 0 Å². The van der Waals surface area contributed by atoms with E-state index in [1.165, 1.54) is 0 Å². The summed E-state index contributed by atoms with van der Waals surface area (Å²) in [6.45, 7) is 1.93. The fraction of sp³-hybridized carbons (Fsp3) is 0.158. The molecule has 0 bridgehead atoms. The molecule has 2 aromatic carbocycles. The van der Waals surface area contributed by atoms with E-state index >= 15 is 0 Å². The topological polar surface area (TPSA) is 67.4 Å². The van der Waals surface area contributed by atoms with Gasteiger partial charge in [0.2, 0.25) is 0 Å². The van der Waals surface area contributed by atoms with Crippen LogP contribution in [-0.4, -0.2) is 18.6 Å². The second-order valence-electron chi connectivity index (χ2n) is 5.57. The van der Waals surface area contributed by atoms with Gasteiger partial charge in [-0.2, -0.15) is 0 Å². The van der Waals surface area contributed by atoms with Gasteiger partial charge in [-0.25, -0.2) is 9.59 Å². The largest absolute Gasteiger partial charge is 0.463 e. The van der Waals surface area contributed by atoms with E-state index in [1.807, 2.05) is 18.2 Å². The van der Waals surface area contributed by atoms with Crippen molar-refractivity contribution in [3.05, 3.63) is 75.3 Å². The number of urea groups is 1. The van der Waals surface area contributed by atoms with Crippen LogP contribution in [-0.2, 0) is 9.53 Å². The third-order valence-corrected chi connectivity index (χ3v) is 4.47. The molecule has 1 aliphatic rings. The molecule has 26 heavy (non-hydrogen) atoms. The van der Waals surface area contributed by atoms with Crippen LogP contribution in [0.3, 0.4) is 0 Å². The quantitative estimate of drug-likeness (QED) is 0.763. The molecule has 0 saturated heterocycles. The van der Waals surface area contributed by atoms with E-state index in [0.29, 0.717) is 26.9 Å². The van der Waals surface area contributed by atoms with Crippen LogP contribution in [0.5, 0.6) is 0 Å². The van der Waals surface area contributed by atoms with Crippen molar-refractivity contribution in [2.75, 3.05) is 6.61 Å². The molecule has 2 N–H and O–H groups in total. The van der Waals surface area contributed by atoms with Crippen molar-refractivity contribution in [2.45, 2.75) is 13.0 Å². The third kappa shape index (κ3) is 3.69. The molecule has 0 unspecified atom stereocenters. The van der Waals surface area contributed by atoms with Gasteiger partial charge in [0.05, 0.1) is 23.9 Å². The highest BCUT2D eigenvalue weighted by atomic mass is 35.5. The Bertz CT molecular complexity index is 882. The Balaban J connectivity index is 2.20. The molecular weight excluding hydrogens is 375 g/mol. The number of rotatable bonds is 4. The van der Waals surface area contributed by atoms with Crippen molar-refractivity contribution in [2.24, 2.45) is 0 Å². The number of halogens is 2. The number of carbonyl (C=O) groups is 2. The lowest BCUT2D eigenvalue weighted by Gasteiger charge is -2.30. The van der Waals surface area contributed by atoms with E-state index in [1.54, 1.807) is 37.3 Å². The number of amides is 2.